The fraction of sp³-hybridized carbons (Fsp3) is 0. The molecule has 0 aliphatic carbocycles. The highest BCUT2D eigenvalue weighted by atomic mass is 32.1. The number of hydrogen-bond donors (Lipinski definition) is 0. The van der Waals surface area contributed by atoms with Crippen LogP contribution in [0, 0.1) is 0 Å². The molecular weight excluding hydrogens is 689 g/mol. The highest BCUT2D eigenvalue weighted by molar-refractivity contribution is 7.30. The van der Waals surface area contributed by atoms with Gasteiger partial charge in [-0.1, -0.05) is 158 Å². The molecule has 250 valence electrons. The van der Waals surface area contributed by atoms with Gasteiger partial charge in [0.05, 0.1) is 0 Å². The summed E-state index contributed by atoms with van der Waals surface area (Å²) >= 11 is 3.86. The minimum absolute atomic E-state index is 1.24. The monoisotopic (exact) mass is 718 g/mol. The molecule has 0 N–H and O–H groups in total. The lowest BCUT2D eigenvalue weighted by Gasteiger charge is -2.18. The average Bonchev–Trinajstić information content (AvgIpc) is 3.81. The van der Waals surface area contributed by atoms with Crippen LogP contribution in [0.15, 0.2) is 182 Å². The third-order valence-electron chi connectivity index (χ3n) is 11.4. The summed E-state index contributed by atoms with van der Waals surface area (Å²) in [5.74, 6) is 0. The maximum Gasteiger partial charge on any atom is 0.0448 e. The van der Waals surface area contributed by atoms with Crippen LogP contribution < -0.4 is 0 Å². The molecule has 0 atom stereocenters. The van der Waals surface area contributed by atoms with E-state index in [1.807, 2.05) is 22.7 Å². The van der Waals surface area contributed by atoms with Gasteiger partial charge >= 0.3 is 0 Å². The molecule has 0 unspecified atom stereocenters. The molecule has 0 saturated heterocycles. The van der Waals surface area contributed by atoms with E-state index >= 15 is 0 Å². The molecule has 12 aromatic rings. The molecule has 2 aromatic heterocycles. The molecule has 0 aliphatic rings. The van der Waals surface area contributed by atoms with E-state index in [-0.39, 0.29) is 0 Å². The van der Waals surface area contributed by atoms with Crippen LogP contribution in [0.3, 0.4) is 0 Å². The average molecular weight is 719 g/mol. The fourth-order valence-electron chi connectivity index (χ4n) is 8.94. The Balaban J connectivity index is 0.977. The van der Waals surface area contributed by atoms with Gasteiger partial charge in [0.2, 0.25) is 0 Å². The lowest BCUT2D eigenvalue weighted by atomic mass is 9.85. The fourth-order valence-corrected chi connectivity index (χ4v) is 11.6. The summed E-state index contributed by atoms with van der Waals surface area (Å²) in [4.78, 5) is 0. The number of fused-ring (bicyclic) bond motifs is 12. The summed E-state index contributed by atoms with van der Waals surface area (Å²) in [7, 11) is 0. The maximum atomic E-state index is 2.40. The molecule has 12 rings (SSSR count). The van der Waals surface area contributed by atoms with E-state index in [4.69, 9.17) is 0 Å². The van der Waals surface area contributed by atoms with Gasteiger partial charge in [0.1, 0.15) is 0 Å². The molecule has 0 fully saturated rings. The number of hydrogen-bond acceptors (Lipinski definition) is 2. The van der Waals surface area contributed by atoms with Crippen LogP contribution in [0.5, 0.6) is 0 Å². The van der Waals surface area contributed by atoms with E-state index in [1.54, 1.807) is 0 Å². The Labute approximate surface area is 319 Å². The van der Waals surface area contributed by atoms with Crippen LogP contribution in [0.1, 0.15) is 0 Å². The van der Waals surface area contributed by atoms with E-state index in [9.17, 15) is 0 Å². The number of thiophene rings is 2. The lowest BCUT2D eigenvalue weighted by molar-refractivity contribution is 1.66. The normalized spacial score (nSPS) is 12.1. The van der Waals surface area contributed by atoms with Crippen molar-refractivity contribution in [3.8, 4) is 33.4 Å². The molecule has 0 amide bonds. The second-order valence-electron chi connectivity index (χ2n) is 14.4. The summed E-state index contributed by atoms with van der Waals surface area (Å²) in [6, 6.07) is 67.7. The topological polar surface area (TPSA) is 0 Å². The second-order valence-corrected chi connectivity index (χ2v) is 16.5. The predicted molar refractivity (Wildman–Crippen MR) is 239 cm³/mol. The lowest BCUT2D eigenvalue weighted by Crippen LogP contribution is -1.90. The second kappa shape index (κ2) is 11.6. The zero-order valence-corrected chi connectivity index (χ0v) is 30.8. The van der Waals surface area contributed by atoms with Crippen molar-refractivity contribution in [2.24, 2.45) is 0 Å². The van der Waals surface area contributed by atoms with E-state index < -0.39 is 0 Å². The summed E-state index contributed by atoms with van der Waals surface area (Å²) in [5.41, 5.74) is 7.59. The minimum Gasteiger partial charge on any atom is -0.135 e. The van der Waals surface area contributed by atoms with Crippen LogP contribution in [-0.2, 0) is 0 Å². The highest BCUT2D eigenvalue weighted by Crippen LogP contribution is 2.47. The zero-order valence-electron chi connectivity index (χ0n) is 29.1. The minimum atomic E-state index is 1.24. The highest BCUT2D eigenvalue weighted by Gasteiger charge is 2.18. The maximum absolute atomic E-state index is 2.40. The molecule has 0 radical (unpaired) electrons. The van der Waals surface area contributed by atoms with Crippen molar-refractivity contribution in [3.63, 3.8) is 0 Å². The van der Waals surface area contributed by atoms with Gasteiger partial charge in [0, 0.05) is 40.3 Å². The third-order valence-corrected chi connectivity index (χ3v) is 13.8. The van der Waals surface area contributed by atoms with Crippen LogP contribution >= 0.6 is 22.7 Å². The van der Waals surface area contributed by atoms with Gasteiger partial charge < -0.3 is 0 Å². The molecule has 0 bridgehead atoms. The van der Waals surface area contributed by atoms with Crippen molar-refractivity contribution in [1.29, 1.82) is 0 Å². The molecule has 2 heteroatoms. The molecule has 0 spiro atoms. The van der Waals surface area contributed by atoms with E-state index in [1.165, 1.54) is 117 Å². The van der Waals surface area contributed by atoms with Gasteiger partial charge in [0.15, 0.2) is 0 Å². The molecule has 0 nitrogen and oxygen atoms in total. The van der Waals surface area contributed by atoms with Crippen LogP contribution in [0.2, 0.25) is 0 Å². The van der Waals surface area contributed by atoms with E-state index in [0.717, 1.165) is 0 Å². The smallest absolute Gasteiger partial charge is 0.0448 e. The van der Waals surface area contributed by atoms with Gasteiger partial charge in [-0.25, -0.2) is 0 Å². The van der Waals surface area contributed by atoms with Gasteiger partial charge in [-0.2, -0.15) is 0 Å². The Kier molecular flexibility index (Phi) is 6.48. The first-order valence-corrected chi connectivity index (χ1v) is 20.1. The molecule has 54 heavy (non-hydrogen) atoms. The van der Waals surface area contributed by atoms with Gasteiger partial charge in [-0.05, 0) is 101 Å². The number of rotatable bonds is 3. The van der Waals surface area contributed by atoms with Crippen LogP contribution in [0.4, 0.5) is 0 Å². The molecule has 0 aliphatic heterocycles. The van der Waals surface area contributed by atoms with Gasteiger partial charge in [0.25, 0.3) is 0 Å². The quantitative estimate of drug-likeness (QED) is 0.160. The Hall–Kier alpha value is -6.32. The van der Waals surface area contributed by atoms with Gasteiger partial charge in [-0.3, -0.25) is 0 Å². The van der Waals surface area contributed by atoms with Crippen molar-refractivity contribution in [3.05, 3.63) is 182 Å². The van der Waals surface area contributed by atoms with Crippen molar-refractivity contribution in [2.75, 3.05) is 0 Å². The largest absolute Gasteiger partial charge is 0.135 e. The van der Waals surface area contributed by atoms with Crippen molar-refractivity contribution in [1.82, 2.24) is 0 Å². The first-order valence-electron chi connectivity index (χ1n) is 18.5. The summed E-state index contributed by atoms with van der Waals surface area (Å²) in [5, 5.41) is 15.7. The summed E-state index contributed by atoms with van der Waals surface area (Å²) in [6.45, 7) is 0. The first kappa shape index (κ1) is 30.2. The predicted octanol–water partition coefficient (Wildman–Crippen LogP) is 16.0. The van der Waals surface area contributed by atoms with Crippen LogP contribution in [-0.4, -0.2) is 0 Å². The van der Waals surface area contributed by atoms with Gasteiger partial charge in [-0.15, -0.1) is 22.7 Å². The Morgan fingerprint density at radius 3 is 1.52 bits per heavy atom. The molecule has 2 heterocycles. The van der Waals surface area contributed by atoms with Crippen molar-refractivity contribution in [2.45, 2.75) is 0 Å². The summed E-state index contributed by atoms with van der Waals surface area (Å²) in [6.07, 6.45) is 0. The molecular formula is C52H30S2. The first-order chi connectivity index (χ1) is 26.8. The van der Waals surface area contributed by atoms with E-state index in [0.29, 0.717) is 0 Å². The molecule has 10 aromatic carbocycles. The van der Waals surface area contributed by atoms with E-state index in [2.05, 4.69) is 182 Å². The zero-order chi connectivity index (χ0) is 35.3. The standard InChI is InChI=1S/C52H30S2/c1-2-11-32(12-3-1)48-39-14-6-8-16-41(39)49(42-17-9-7-15-40(42)48)37-21-20-33-28-34(18-19-35(33)29-37)36-23-25-45-47(30-36)53-46-27-26-44-43-24-22-31-10-4-5-13-38(31)51(43)54-52(44)50(45)46/h1-30H. The van der Waals surface area contributed by atoms with Crippen LogP contribution in [0.25, 0.3) is 117 Å². The third kappa shape index (κ3) is 4.42. The Morgan fingerprint density at radius 2 is 0.778 bits per heavy atom. The van der Waals surface area contributed by atoms with Crippen molar-refractivity contribution < 1.29 is 0 Å². The molecule has 0 saturated carbocycles. The number of benzene rings is 10. The summed E-state index contributed by atoms with van der Waals surface area (Å²) < 4.78 is 5.48. The van der Waals surface area contributed by atoms with Crippen molar-refractivity contribution >= 4 is 106 Å². The Bertz CT molecular complexity index is 3430. The SMILES string of the molecule is c1ccc(-c2c3ccccc3c(-c3ccc4cc(-c5ccc6c(c5)sc5ccc7c8ccc9ccccc9c8sc7c56)ccc4c3)c3ccccc23)cc1. The Morgan fingerprint density at radius 1 is 0.259 bits per heavy atom.